The molecule has 3 nitrogen and oxygen atoms in total. The normalized spacial score (nSPS) is 10.6. The van der Waals surface area contributed by atoms with Crippen molar-refractivity contribution in [2.75, 3.05) is 0 Å². The van der Waals surface area contributed by atoms with Gasteiger partial charge in [-0.15, -0.1) is 11.3 Å². The summed E-state index contributed by atoms with van der Waals surface area (Å²) in [6.45, 7) is 9.27. The van der Waals surface area contributed by atoms with E-state index in [2.05, 4.69) is 73.6 Å². The number of carbonyl (C=O) groups excluding carboxylic acids is 1. The number of hydrogen-bond acceptors (Lipinski definition) is 3. The zero-order valence-corrected chi connectivity index (χ0v) is 19.2. The van der Waals surface area contributed by atoms with E-state index in [-0.39, 0.29) is 31.6 Å². The molecule has 3 rings (SSSR count). The number of hydrogen-bond donors (Lipinski definition) is 1. The van der Waals surface area contributed by atoms with Gasteiger partial charge in [0.1, 0.15) is 5.69 Å². The molecule has 0 unspecified atom stereocenters. The van der Waals surface area contributed by atoms with Gasteiger partial charge < -0.3 is 9.67 Å². The third-order valence-electron chi connectivity index (χ3n) is 3.86. The minimum atomic E-state index is -0.125. The van der Waals surface area contributed by atoms with Gasteiger partial charge in [-0.05, 0) is 50.3 Å². The van der Waals surface area contributed by atoms with Crippen molar-refractivity contribution in [1.82, 2.24) is 0 Å². The average Bonchev–Trinajstić information content (AvgIpc) is 2.99. The summed E-state index contributed by atoms with van der Waals surface area (Å²) in [6.07, 6.45) is 4.34. The van der Waals surface area contributed by atoms with Crippen LogP contribution in [-0.2, 0) is 31.3 Å². The molecule has 0 atom stereocenters. The fourth-order valence-corrected chi connectivity index (χ4v) is 4.15. The summed E-state index contributed by atoms with van der Waals surface area (Å²) in [5.41, 5.74) is 2.74. The van der Waals surface area contributed by atoms with Crippen molar-refractivity contribution in [3.63, 3.8) is 0 Å². The number of nitrogens with zero attached hydrogens (tertiary/aromatic N) is 1. The first-order chi connectivity index (χ1) is 12.5. The van der Waals surface area contributed by atoms with Crippen LogP contribution in [0.1, 0.15) is 33.3 Å². The van der Waals surface area contributed by atoms with E-state index in [0.29, 0.717) is 0 Å². The third kappa shape index (κ3) is 6.03. The van der Waals surface area contributed by atoms with Gasteiger partial charge in [0.2, 0.25) is 0 Å². The molecule has 1 radical (unpaired) electrons. The van der Waals surface area contributed by atoms with Gasteiger partial charge in [0.15, 0.2) is 5.78 Å². The van der Waals surface area contributed by atoms with E-state index in [1.807, 2.05) is 11.3 Å². The van der Waals surface area contributed by atoms with Gasteiger partial charge in [0, 0.05) is 42.3 Å². The molecule has 0 aliphatic carbocycles. The molecule has 0 bridgehead atoms. The van der Waals surface area contributed by atoms with Gasteiger partial charge in [0.05, 0.1) is 12.0 Å². The topological polar surface area (TPSA) is 41.2 Å². The van der Waals surface area contributed by atoms with Crippen molar-refractivity contribution in [1.29, 1.82) is 0 Å². The number of carbonyl (C=O) groups is 1. The van der Waals surface area contributed by atoms with E-state index in [4.69, 9.17) is 5.11 Å². The van der Waals surface area contributed by atoms with E-state index in [1.165, 1.54) is 46.1 Å². The number of rotatable bonds is 4. The molecule has 0 amide bonds. The van der Waals surface area contributed by atoms with Gasteiger partial charge in [-0.25, -0.2) is 0 Å². The predicted octanol–water partition coefficient (Wildman–Crippen LogP) is 5.48. The Kier molecular flexibility index (Phi) is 9.43. The molecule has 0 aliphatic heterocycles. The van der Waals surface area contributed by atoms with Gasteiger partial charge in [-0.1, -0.05) is 37.3 Å². The van der Waals surface area contributed by atoms with E-state index < -0.39 is 0 Å². The average molecular weight is 560 g/mol. The van der Waals surface area contributed by atoms with Gasteiger partial charge in [-0.2, -0.15) is 0 Å². The van der Waals surface area contributed by atoms with Crippen LogP contribution in [0.2, 0.25) is 0 Å². The second-order valence-corrected chi connectivity index (χ2v) is 6.96. The maximum Gasteiger partial charge on any atom is 0.155 e. The summed E-state index contributed by atoms with van der Waals surface area (Å²) in [7, 11) is 0. The molecule has 1 N–H and O–H groups in total. The van der Waals surface area contributed by atoms with Crippen molar-refractivity contribution in [3.05, 3.63) is 72.6 Å². The Hall–Kier alpha value is -1.94. The maximum atomic E-state index is 10.0. The van der Waals surface area contributed by atoms with Crippen molar-refractivity contribution >= 4 is 27.2 Å². The largest absolute Gasteiger partial charge is 0.512 e. The van der Waals surface area contributed by atoms with Crippen molar-refractivity contribution in [2.45, 2.75) is 34.1 Å². The zero-order valence-electron chi connectivity index (χ0n) is 16.0. The number of allylic oxidation sites excluding steroid dienone is 2. The molecule has 0 saturated carbocycles. The SMILES string of the molecule is CC(=O)/C=C(/C)O.C[CH-][n+]1ccccc1-c1sc2ccccc2c1CC.[Ir]. The second-order valence-electron chi connectivity index (χ2n) is 5.91. The molecular weight excluding hydrogens is 535 g/mol. The summed E-state index contributed by atoms with van der Waals surface area (Å²) in [5.74, 6) is -0.0625. The van der Waals surface area contributed by atoms with Crippen LogP contribution in [0.25, 0.3) is 20.7 Å². The Morgan fingerprint density at radius 3 is 2.41 bits per heavy atom. The summed E-state index contributed by atoms with van der Waals surface area (Å²) >= 11 is 1.89. The summed E-state index contributed by atoms with van der Waals surface area (Å²) < 4.78 is 3.57. The fourth-order valence-electron chi connectivity index (χ4n) is 2.82. The molecule has 3 aromatic rings. The Morgan fingerprint density at radius 2 is 1.85 bits per heavy atom. The quantitative estimate of drug-likeness (QED) is 0.199. The number of aromatic nitrogens is 1. The molecule has 145 valence electrons. The number of aryl methyl sites for hydroxylation is 1. The van der Waals surface area contributed by atoms with Gasteiger partial charge >= 0.3 is 0 Å². The number of pyridine rings is 1. The first kappa shape index (κ1) is 23.1. The maximum absolute atomic E-state index is 10.0. The number of ketones is 1. The minimum Gasteiger partial charge on any atom is -0.512 e. The van der Waals surface area contributed by atoms with Crippen LogP contribution in [0, 0.1) is 6.54 Å². The number of fused-ring (bicyclic) bond motifs is 1. The van der Waals surface area contributed by atoms with Crippen molar-refractivity contribution < 1.29 is 34.6 Å². The zero-order chi connectivity index (χ0) is 19.1. The molecule has 0 spiro atoms. The number of benzene rings is 1. The number of aliphatic hydroxyl groups excluding tert-OH is 1. The monoisotopic (exact) mass is 560 g/mol. The molecule has 1 aromatic carbocycles. The minimum absolute atomic E-state index is 0. The van der Waals surface area contributed by atoms with E-state index >= 15 is 0 Å². The molecular formula is C22H25IrNO2S. The Morgan fingerprint density at radius 1 is 1.19 bits per heavy atom. The predicted molar refractivity (Wildman–Crippen MR) is 109 cm³/mol. The van der Waals surface area contributed by atoms with E-state index in [9.17, 15) is 4.79 Å². The van der Waals surface area contributed by atoms with Crippen LogP contribution in [0.4, 0.5) is 0 Å². The molecule has 27 heavy (non-hydrogen) atoms. The second kappa shape index (κ2) is 11.0. The van der Waals surface area contributed by atoms with Crippen LogP contribution in [0.15, 0.2) is 60.5 Å². The number of aliphatic hydroxyl groups is 1. The summed E-state index contributed by atoms with van der Waals surface area (Å²) in [5, 5.41) is 9.76. The molecule has 0 aliphatic rings. The van der Waals surface area contributed by atoms with E-state index in [0.717, 1.165) is 6.42 Å². The Bertz CT molecular complexity index is 927. The van der Waals surface area contributed by atoms with E-state index in [1.54, 1.807) is 0 Å². The third-order valence-corrected chi connectivity index (χ3v) is 5.10. The number of thiophene rings is 1. The van der Waals surface area contributed by atoms with Crippen molar-refractivity contribution in [3.8, 4) is 10.6 Å². The Balaban J connectivity index is 0.000000395. The van der Waals surface area contributed by atoms with Crippen LogP contribution in [-0.4, -0.2) is 10.9 Å². The first-order valence-corrected chi connectivity index (χ1v) is 9.47. The van der Waals surface area contributed by atoms with Gasteiger partial charge in [-0.3, -0.25) is 4.79 Å². The fraction of sp³-hybridized carbons (Fsp3) is 0.227. The molecule has 2 aromatic heterocycles. The van der Waals surface area contributed by atoms with Crippen LogP contribution in [0.5, 0.6) is 0 Å². The Labute approximate surface area is 178 Å². The molecule has 5 heteroatoms. The summed E-state index contributed by atoms with van der Waals surface area (Å²) in [6, 6.07) is 15.1. The molecule has 2 heterocycles. The summed E-state index contributed by atoms with van der Waals surface area (Å²) in [4.78, 5) is 11.4. The molecule has 0 saturated heterocycles. The smallest absolute Gasteiger partial charge is 0.155 e. The van der Waals surface area contributed by atoms with Crippen molar-refractivity contribution in [2.24, 2.45) is 0 Å². The first-order valence-electron chi connectivity index (χ1n) is 8.66. The van der Waals surface area contributed by atoms with Crippen LogP contribution >= 0.6 is 11.3 Å². The standard InChI is InChI=1S/C17H17NS.C5H8O2.Ir/c1-3-13-14-9-5-6-11-16(14)19-17(13)15-10-7-8-12-18(15)4-2;1-4(6)3-5(2)7;/h4-12H,3H2,1-2H3;3,6H,1-2H3;/b;4-3-;. The van der Waals surface area contributed by atoms with Crippen LogP contribution < -0.4 is 4.57 Å². The van der Waals surface area contributed by atoms with Crippen LogP contribution in [0.3, 0.4) is 0 Å². The van der Waals surface area contributed by atoms with Gasteiger partial charge in [0.25, 0.3) is 0 Å². The molecule has 0 fully saturated rings.